The van der Waals surface area contributed by atoms with E-state index in [1.807, 2.05) is 12.2 Å². The van der Waals surface area contributed by atoms with Gasteiger partial charge in [-0.05, 0) is 51.4 Å². The van der Waals surface area contributed by atoms with Crippen molar-refractivity contribution in [3.63, 3.8) is 0 Å². The molecule has 0 aliphatic carbocycles. The summed E-state index contributed by atoms with van der Waals surface area (Å²) in [6.07, 6.45) is 41.3. The summed E-state index contributed by atoms with van der Waals surface area (Å²) >= 11 is 0. The number of aliphatic hydroxyl groups is 3. The minimum absolute atomic E-state index is 0.0853. The van der Waals surface area contributed by atoms with E-state index >= 15 is 0 Å². The maximum atomic E-state index is 12.8. The molecule has 1 aliphatic rings. The van der Waals surface area contributed by atoms with Gasteiger partial charge in [-0.25, -0.2) is 0 Å². The van der Waals surface area contributed by atoms with Gasteiger partial charge >= 0.3 is 11.9 Å². The predicted octanol–water partition coefficient (Wildman–Crippen LogP) is 10.9. The van der Waals surface area contributed by atoms with E-state index in [0.29, 0.717) is 19.3 Å². The number of ether oxygens (including phenoxy) is 4. The van der Waals surface area contributed by atoms with Crippen LogP contribution in [0.4, 0.5) is 0 Å². The summed E-state index contributed by atoms with van der Waals surface area (Å²) in [7, 11) is -4.61. The lowest BCUT2D eigenvalue weighted by Crippen LogP contribution is -2.60. The zero-order valence-corrected chi connectivity index (χ0v) is 40.4. The largest absolute Gasteiger partial charge is 0.462 e. The molecule has 1 heterocycles. The van der Waals surface area contributed by atoms with Gasteiger partial charge in [-0.2, -0.15) is 8.42 Å². The second-order valence-corrected chi connectivity index (χ2v) is 18.6. The second kappa shape index (κ2) is 40.6. The van der Waals surface area contributed by atoms with Crippen LogP contribution in [0.1, 0.15) is 194 Å². The summed E-state index contributed by atoms with van der Waals surface area (Å²) in [6.45, 7) is 3.62. The molecule has 0 aromatic rings. The normalized spacial score (nSPS) is 20.1. The fourth-order valence-corrected chi connectivity index (χ4v) is 7.99. The third-order valence-corrected chi connectivity index (χ3v) is 11.9. The van der Waals surface area contributed by atoms with E-state index < -0.39 is 71.2 Å². The first kappa shape index (κ1) is 59.4. The molecule has 0 radical (unpaired) electrons. The average molecular weight is 925 g/mol. The maximum Gasteiger partial charge on any atom is 0.306 e. The average Bonchev–Trinajstić information content (AvgIpc) is 3.26. The Balaban J connectivity index is 2.42. The standard InChI is InChI=1S/C51H88O12S/c1-3-5-7-9-11-13-15-17-19-21-22-24-25-27-29-31-33-35-37-39-46(52)60-41-44(42-61-51-50(56)49(55)48(54)45(63-51)43-64(57,58)59)62-47(53)40-38-36-34-32-30-28-26-23-20-18-16-14-12-10-8-6-4-2/h6,8,12,14,18,20,26,28,32,34,44-45,48-51,54-56H,3-5,7,9-11,13,15-17,19,21-25,27,29-31,33,35-43H2,1-2H3,(H,57,58,59)/b8-6+,14-12+,20-18+,28-26+,34-32+/t44-,45-,48-,49?,50?,51+/m1/s1. The monoisotopic (exact) mass is 925 g/mol. The molecule has 0 aromatic heterocycles. The van der Waals surface area contributed by atoms with Crippen LogP contribution in [-0.2, 0) is 38.7 Å². The molecule has 0 amide bonds. The number of esters is 2. The molecule has 1 aliphatic heterocycles. The minimum Gasteiger partial charge on any atom is -0.462 e. The molecule has 0 bridgehead atoms. The molecular weight excluding hydrogens is 837 g/mol. The Bertz CT molecular complexity index is 1410. The van der Waals surface area contributed by atoms with Gasteiger partial charge in [0.25, 0.3) is 10.1 Å². The molecule has 64 heavy (non-hydrogen) atoms. The zero-order valence-electron chi connectivity index (χ0n) is 39.6. The van der Waals surface area contributed by atoms with Crippen LogP contribution >= 0.6 is 0 Å². The van der Waals surface area contributed by atoms with Crippen molar-refractivity contribution in [2.75, 3.05) is 19.0 Å². The second-order valence-electron chi connectivity index (χ2n) is 17.1. The highest BCUT2D eigenvalue weighted by molar-refractivity contribution is 7.85. The summed E-state index contributed by atoms with van der Waals surface area (Å²) in [5.74, 6) is -2.06. The lowest BCUT2D eigenvalue weighted by atomic mass is 10.00. The van der Waals surface area contributed by atoms with Gasteiger partial charge in [0.1, 0.15) is 36.8 Å². The first-order valence-electron chi connectivity index (χ1n) is 24.8. The number of allylic oxidation sites excluding steroid dienone is 10. The van der Waals surface area contributed by atoms with Gasteiger partial charge in [0.15, 0.2) is 12.4 Å². The quantitative estimate of drug-likeness (QED) is 0.0197. The number of carbonyl (C=O) groups excluding carboxylic acids is 2. The number of unbranched alkanes of at least 4 members (excludes halogenated alkanes) is 19. The fraction of sp³-hybridized carbons (Fsp3) is 0.765. The van der Waals surface area contributed by atoms with Crippen molar-refractivity contribution in [1.82, 2.24) is 0 Å². The van der Waals surface area contributed by atoms with Crippen LogP contribution in [-0.4, -0.2) is 96.0 Å². The number of hydrogen-bond acceptors (Lipinski definition) is 11. The summed E-state index contributed by atoms with van der Waals surface area (Å²) in [5.41, 5.74) is 0. The minimum atomic E-state index is -4.61. The summed E-state index contributed by atoms with van der Waals surface area (Å²) < 4.78 is 54.1. The van der Waals surface area contributed by atoms with E-state index in [1.54, 1.807) is 0 Å². The van der Waals surface area contributed by atoms with Crippen LogP contribution in [0.25, 0.3) is 0 Å². The van der Waals surface area contributed by atoms with Crippen molar-refractivity contribution in [3.8, 4) is 0 Å². The van der Waals surface area contributed by atoms with Gasteiger partial charge in [-0.3, -0.25) is 14.1 Å². The lowest BCUT2D eigenvalue weighted by Gasteiger charge is -2.40. The highest BCUT2D eigenvalue weighted by atomic mass is 32.2. The van der Waals surface area contributed by atoms with Crippen molar-refractivity contribution in [2.24, 2.45) is 0 Å². The molecule has 2 unspecified atom stereocenters. The van der Waals surface area contributed by atoms with E-state index in [9.17, 15) is 37.9 Å². The number of aliphatic hydroxyl groups excluding tert-OH is 3. The van der Waals surface area contributed by atoms with Gasteiger partial charge in [0.05, 0.1) is 6.61 Å². The van der Waals surface area contributed by atoms with Crippen molar-refractivity contribution < 1.29 is 56.8 Å². The molecule has 6 atom stereocenters. The van der Waals surface area contributed by atoms with Crippen LogP contribution in [0.2, 0.25) is 0 Å². The Morgan fingerprint density at radius 3 is 1.45 bits per heavy atom. The SMILES string of the molecule is CC/C=C/C/C=C/C/C=C/C/C=C/C/C=C/CCCC(=O)O[C@H](COC(=O)CCCCCCCCCCCCCCCCCCCCC)CO[C@H]1O[C@H](CS(=O)(=O)O)[C@@H](O)C(O)C1O. The van der Waals surface area contributed by atoms with Gasteiger partial charge < -0.3 is 34.3 Å². The summed E-state index contributed by atoms with van der Waals surface area (Å²) in [5, 5.41) is 30.9. The Morgan fingerprint density at radius 2 is 0.984 bits per heavy atom. The first-order valence-corrected chi connectivity index (χ1v) is 26.5. The van der Waals surface area contributed by atoms with Crippen LogP contribution in [0.15, 0.2) is 60.8 Å². The van der Waals surface area contributed by atoms with E-state index in [2.05, 4.69) is 62.5 Å². The fourth-order valence-electron chi connectivity index (χ4n) is 7.30. The summed E-state index contributed by atoms with van der Waals surface area (Å²) in [6, 6.07) is 0. The molecular formula is C51H88O12S. The molecule has 0 saturated carbocycles. The number of hydrogen-bond donors (Lipinski definition) is 4. The van der Waals surface area contributed by atoms with E-state index in [-0.39, 0.29) is 19.4 Å². The lowest BCUT2D eigenvalue weighted by molar-refractivity contribution is -0.297. The van der Waals surface area contributed by atoms with Crippen molar-refractivity contribution in [3.05, 3.63) is 60.8 Å². The van der Waals surface area contributed by atoms with Crippen LogP contribution < -0.4 is 0 Å². The summed E-state index contributed by atoms with van der Waals surface area (Å²) in [4.78, 5) is 25.5. The number of rotatable bonds is 41. The third-order valence-electron chi connectivity index (χ3n) is 11.1. The Morgan fingerprint density at radius 1 is 0.547 bits per heavy atom. The van der Waals surface area contributed by atoms with Gasteiger partial charge in [-0.15, -0.1) is 0 Å². The maximum absolute atomic E-state index is 12.8. The molecule has 12 nitrogen and oxygen atoms in total. The molecule has 0 spiro atoms. The highest BCUT2D eigenvalue weighted by Gasteiger charge is 2.46. The Kier molecular flexibility index (Phi) is 37.7. The van der Waals surface area contributed by atoms with Crippen LogP contribution in [0.5, 0.6) is 0 Å². The molecule has 4 N–H and O–H groups in total. The topological polar surface area (TPSA) is 186 Å². The van der Waals surface area contributed by atoms with Crippen LogP contribution in [0.3, 0.4) is 0 Å². The van der Waals surface area contributed by atoms with Gasteiger partial charge in [0.2, 0.25) is 0 Å². The van der Waals surface area contributed by atoms with Crippen molar-refractivity contribution >= 4 is 22.1 Å². The van der Waals surface area contributed by atoms with Gasteiger partial charge in [0, 0.05) is 12.8 Å². The van der Waals surface area contributed by atoms with E-state index in [1.165, 1.54) is 96.3 Å². The number of carbonyl (C=O) groups is 2. The smallest absolute Gasteiger partial charge is 0.306 e. The molecule has 13 heteroatoms. The Hall–Kier alpha value is -2.65. The molecule has 1 fully saturated rings. The first-order chi connectivity index (χ1) is 31.0. The molecule has 1 rings (SSSR count). The highest BCUT2D eigenvalue weighted by Crippen LogP contribution is 2.24. The van der Waals surface area contributed by atoms with E-state index in [4.69, 9.17) is 18.9 Å². The Labute approximate surface area is 387 Å². The van der Waals surface area contributed by atoms with Crippen LogP contribution in [0, 0.1) is 0 Å². The predicted molar refractivity (Wildman–Crippen MR) is 256 cm³/mol. The van der Waals surface area contributed by atoms with E-state index in [0.717, 1.165) is 51.4 Å². The molecule has 370 valence electrons. The van der Waals surface area contributed by atoms with Crippen molar-refractivity contribution in [1.29, 1.82) is 0 Å². The molecule has 1 saturated heterocycles. The molecule has 0 aromatic carbocycles. The van der Waals surface area contributed by atoms with Gasteiger partial charge in [-0.1, -0.05) is 190 Å². The third kappa shape index (κ3) is 34.7. The zero-order chi connectivity index (χ0) is 46.9. The van der Waals surface area contributed by atoms with Crippen molar-refractivity contribution in [2.45, 2.75) is 230 Å².